The van der Waals surface area contributed by atoms with Gasteiger partial charge in [0.15, 0.2) is 5.69 Å². The number of nitrogens with zero attached hydrogens (tertiary/aromatic N) is 3. The number of pyridine rings is 1. The first-order valence-corrected chi connectivity index (χ1v) is 5.80. The molecule has 2 aromatic heterocycles. The van der Waals surface area contributed by atoms with Crippen molar-refractivity contribution in [2.75, 3.05) is 0 Å². The van der Waals surface area contributed by atoms with Crippen LogP contribution in [-0.2, 0) is 0 Å². The molecular formula is C14H9N3O3. The number of carboxylic acids is 1. The first kappa shape index (κ1) is 12.0. The van der Waals surface area contributed by atoms with Crippen molar-refractivity contribution in [3.63, 3.8) is 0 Å². The van der Waals surface area contributed by atoms with Gasteiger partial charge in [-0.15, -0.1) is 0 Å². The van der Waals surface area contributed by atoms with Crippen molar-refractivity contribution in [1.82, 2.24) is 15.0 Å². The van der Waals surface area contributed by atoms with E-state index in [2.05, 4.69) is 15.0 Å². The maximum Gasteiger partial charge on any atom is 0.356 e. The molecule has 0 atom stereocenters. The number of ether oxygens (including phenoxy) is 1. The second kappa shape index (κ2) is 4.93. The van der Waals surface area contributed by atoms with Crippen LogP contribution in [0.4, 0.5) is 0 Å². The van der Waals surface area contributed by atoms with Crippen molar-refractivity contribution < 1.29 is 14.6 Å². The molecule has 0 spiro atoms. The molecule has 3 rings (SSSR count). The molecule has 0 saturated carbocycles. The molecule has 0 radical (unpaired) electrons. The van der Waals surface area contributed by atoms with Gasteiger partial charge in [-0.2, -0.15) is 0 Å². The van der Waals surface area contributed by atoms with E-state index in [1.165, 1.54) is 6.20 Å². The molecule has 20 heavy (non-hydrogen) atoms. The Bertz CT molecular complexity index is 789. The standard InChI is InChI=1S/C14H9N3O3/c18-14(19)12-7-15-8-13(17-12)20-10-5-9-3-1-2-4-11(9)16-6-10/h1-8H,(H,18,19). The lowest BCUT2D eigenvalue weighted by molar-refractivity contribution is 0.0689. The molecule has 1 N–H and O–H groups in total. The number of aromatic carboxylic acids is 1. The molecule has 6 nitrogen and oxygen atoms in total. The number of hydrogen-bond acceptors (Lipinski definition) is 5. The lowest BCUT2D eigenvalue weighted by Crippen LogP contribution is -2.02. The van der Waals surface area contributed by atoms with Crippen LogP contribution in [0.1, 0.15) is 10.5 Å². The minimum atomic E-state index is -1.15. The van der Waals surface area contributed by atoms with Crippen LogP contribution in [0.3, 0.4) is 0 Å². The number of rotatable bonds is 3. The highest BCUT2D eigenvalue weighted by atomic mass is 16.5. The van der Waals surface area contributed by atoms with Crippen LogP contribution < -0.4 is 4.74 Å². The smallest absolute Gasteiger partial charge is 0.356 e. The molecule has 0 fully saturated rings. The van der Waals surface area contributed by atoms with E-state index in [4.69, 9.17) is 9.84 Å². The normalized spacial score (nSPS) is 10.4. The summed E-state index contributed by atoms with van der Waals surface area (Å²) in [6.45, 7) is 0. The number of para-hydroxylation sites is 1. The highest BCUT2D eigenvalue weighted by molar-refractivity contribution is 5.85. The van der Waals surface area contributed by atoms with E-state index in [1.54, 1.807) is 12.3 Å². The van der Waals surface area contributed by atoms with Crippen molar-refractivity contribution in [1.29, 1.82) is 0 Å². The molecule has 0 bridgehead atoms. The van der Waals surface area contributed by atoms with Gasteiger partial charge in [0.1, 0.15) is 5.75 Å². The zero-order chi connectivity index (χ0) is 13.9. The van der Waals surface area contributed by atoms with Crippen molar-refractivity contribution in [3.8, 4) is 11.6 Å². The summed E-state index contributed by atoms with van der Waals surface area (Å²) in [7, 11) is 0. The first-order valence-electron chi connectivity index (χ1n) is 5.80. The molecule has 0 unspecified atom stereocenters. The molecule has 0 aliphatic rings. The summed E-state index contributed by atoms with van der Waals surface area (Å²) in [5.74, 6) is -0.567. The van der Waals surface area contributed by atoms with Gasteiger partial charge in [-0.05, 0) is 12.1 Å². The van der Waals surface area contributed by atoms with Crippen LogP contribution >= 0.6 is 0 Å². The van der Waals surface area contributed by atoms with E-state index >= 15 is 0 Å². The Morgan fingerprint density at radius 1 is 1.15 bits per heavy atom. The third-order valence-corrected chi connectivity index (χ3v) is 2.62. The van der Waals surface area contributed by atoms with Crippen LogP contribution in [0.25, 0.3) is 10.9 Å². The number of hydrogen-bond donors (Lipinski definition) is 1. The number of carbonyl (C=O) groups is 1. The SMILES string of the molecule is O=C(O)c1cncc(Oc2cnc3ccccc3c2)n1. The third-order valence-electron chi connectivity index (χ3n) is 2.62. The second-order valence-electron chi connectivity index (χ2n) is 4.01. The van der Waals surface area contributed by atoms with Crippen molar-refractivity contribution in [2.45, 2.75) is 0 Å². The Morgan fingerprint density at radius 3 is 2.85 bits per heavy atom. The minimum absolute atomic E-state index is 0.113. The molecule has 1 aromatic carbocycles. The molecule has 0 amide bonds. The average Bonchev–Trinajstić information content (AvgIpc) is 2.47. The van der Waals surface area contributed by atoms with Crippen molar-refractivity contribution >= 4 is 16.9 Å². The van der Waals surface area contributed by atoms with Gasteiger partial charge < -0.3 is 9.84 Å². The van der Waals surface area contributed by atoms with Crippen molar-refractivity contribution in [2.24, 2.45) is 0 Å². The van der Waals surface area contributed by atoms with E-state index < -0.39 is 5.97 Å². The largest absolute Gasteiger partial charge is 0.476 e. The molecule has 0 aliphatic heterocycles. The summed E-state index contributed by atoms with van der Waals surface area (Å²) in [6, 6.07) is 9.41. The Labute approximate surface area is 113 Å². The highest BCUT2D eigenvalue weighted by Gasteiger charge is 2.08. The maximum atomic E-state index is 10.8. The number of fused-ring (bicyclic) bond motifs is 1. The van der Waals surface area contributed by atoms with Gasteiger partial charge >= 0.3 is 5.97 Å². The lowest BCUT2D eigenvalue weighted by atomic mass is 10.2. The zero-order valence-electron chi connectivity index (χ0n) is 10.2. The zero-order valence-corrected chi connectivity index (χ0v) is 10.2. The quantitative estimate of drug-likeness (QED) is 0.784. The van der Waals surface area contributed by atoms with Gasteiger partial charge in [0.05, 0.1) is 24.1 Å². The Morgan fingerprint density at radius 2 is 2.00 bits per heavy atom. The molecule has 98 valence electrons. The van der Waals surface area contributed by atoms with Crippen LogP contribution in [0.5, 0.6) is 11.6 Å². The van der Waals surface area contributed by atoms with Crippen molar-refractivity contribution in [3.05, 3.63) is 54.6 Å². The summed E-state index contributed by atoms with van der Waals surface area (Å²) >= 11 is 0. The fraction of sp³-hybridized carbons (Fsp3) is 0. The predicted molar refractivity (Wildman–Crippen MR) is 70.8 cm³/mol. The maximum absolute atomic E-state index is 10.8. The van der Waals surface area contributed by atoms with Gasteiger partial charge in [0.25, 0.3) is 0 Å². The third kappa shape index (κ3) is 2.39. The number of aromatic nitrogens is 3. The molecule has 3 aromatic rings. The van der Waals surface area contributed by atoms with E-state index in [0.29, 0.717) is 5.75 Å². The van der Waals surface area contributed by atoms with Gasteiger partial charge in [-0.25, -0.2) is 9.78 Å². The van der Waals surface area contributed by atoms with Gasteiger partial charge in [0, 0.05) is 5.39 Å². The van der Waals surface area contributed by atoms with Gasteiger partial charge in [-0.3, -0.25) is 9.97 Å². The topological polar surface area (TPSA) is 85.2 Å². The molecule has 6 heteroatoms. The van der Waals surface area contributed by atoms with E-state index in [-0.39, 0.29) is 11.6 Å². The fourth-order valence-electron chi connectivity index (χ4n) is 1.73. The fourth-order valence-corrected chi connectivity index (χ4v) is 1.73. The summed E-state index contributed by atoms with van der Waals surface area (Å²) in [5, 5.41) is 9.77. The first-order chi connectivity index (χ1) is 9.72. The number of carboxylic acid groups (broad SMARTS) is 1. The second-order valence-corrected chi connectivity index (χ2v) is 4.01. The van der Waals surface area contributed by atoms with Gasteiger partial charge in [-0.1, -0.05) is 18.2 Å². The van der Waals surface area contributed by atoms with Gasteiger partial charge in [0.2, 0.25) is 5.88 Å². The van der Waals surface area contributed by atoms with Crippen LogP contribution in [0, 0.1) is 0 Å². The molecule has 2 heterocycles. The summed E-state index contributed by atoms with van der Waals surface area (Å²) in [5.41, 5.74) is 0.682. The molecule has 0 aliphatic carbocycles. The predicted octanol–water partition coefficient (Wildman–Crippen LogP) is 2.52. The van der Waals surface area contributed by atoms with Crippen LogP contribution in [0.2, 0.25) is 0 Å². The molecular weight excluding hydrogens is 258 g/mol. The summed E-state index contributed by atoms with van der Waals surface area (Å²) in [4.78, 5) is 22.7. The van der Waals surface area contributed by atoms with E-state index in [9.17, 15) is 4.79 Å². The Hall–Kier alpha value is -3.02. The van der Waals surface area contributed by atoms with Crippen LogP contribution in [0.15, 0.2) is 48.9 Å². The Balaban J connectivity index is 1.92. The monoisotopic (exact) mass is 267 g/mol. The molecule has 0 saturated heterocycles. The average molecular weight is 267 g/mol. The minimum Gasteiger partial charge on any atom is -0.476 e. The number of benzene rings is 1. The lowest BCUT2D eigenvalue weighted by Gasteiger charge is -2.05. The Kier molecular flexibility index (Phi) is 2.96. The highest BCUT2D eigenvalue weighted by Crippen LogP contribution is 2.22. The summed E-state index contributed by atoms with van der Waals surface area (Å²) < 4.78 is 5.48. The van der Waals surface area contributed by atoms with E-state index in [0.717, 1.165) is 17.1 Å². The van der Waals surface area contributed by atoms with Crippen LogP contribution in [-0.4, -0.2) is 26.0 Å². The van der Waals surface area contributed by atoms with E-state index in [1.807, 2.05) is 24.3 Å². The summed E-state index contributed by atoms with van der Waals surface area (Å²) in [6.07, 6.45) is 4.06.